The van der Waals surface area contributed by atoms with Gasteiger partial charge in [-0.25, -0.2) is 4.98 Å². The van der Waals surface area contributed by atoms with Gasteiger partial charge in [-0.05, 0) is 64.2 Å². The molecule has 1 N–H and O–H groups in total. The summed E-state index contributed by atoms with van der Waals surface area (Å²) in [5.41, 5.74) is 2.49. The number of piperidine rings is 1. The minimum atomic E-state index is 0.628. The predicted octanol–water partition coefficient (Wildman–Crippen LogP) is 3.25. The van der Waals surface area contributed by atoms with Gasteiger partial charge in [0.15, 0.2) is 0 Å². The minimum absolute atomic E-state index is 0.628. The average Bonchev–Trinajstić information content (AvgIpc) is 3.08. The molecule has 0 saturated carbocycles. The highest BCUT2D eigenvalue weighted by atomic mass is 32.1. The average molecular weight is 345 g/mol. The van der Waals surface area contributed by atoms with E-state index < -0.39 is 0 Å². The van der Waals surface area contributed by atoms with E-state index in [9.17, 15) is 5.26 Å². The second-order valence-electron chi connectivity index (χ2n) is 6.43. The third-order valence-corrected chi connectivity index (χ3v) is 5.56. The van der Waals surface area contributed by atoms with E-state index >= 15 is 0 Å². The van der Waals surface area contributed by atoms with Crippen LogP contribution in [0.5, 0.6) is 0 Å². The summed E-state index contributed by atoms with van der Waals surface area (Å²) in [7, 11) is 0. The van der Waals surface area contributed by atoms with Gasteiger partial charge in [0.25, 0.3) is 0 Å². The molecule has 128 valence electrons. The summed E-state index contributed by atoms with van der Waals surface area (Å²) in [6.07, 6.45) is 2.29. The Morgan fingerprint density at radius 1 is 1.29 bits per heavy atom. The van der Waals surface area contributed by atoms with E-state index in [1.54, 1.807) is 0 Å². The summed E-state index contributed by atoms with van der Waals surface area (Å²) in [4.78, 5) is 6.87. The van der Waals surface area contributed by atoms with E-state index in [1.807, 2.05) is 20.8 Å². The fourth-order valence-corrected chi connectivity index (χ4v) is 3.76. The predicted molar refractivity (Wildman–Crippen MR) is 94.0 cm³/mol. The number of oxazole rings is 1. The lowest BCUT2D eigenvalue weighted by molar-refractivity contribution is 0.168. The molecule has 7 heteroatoms. The van der Waals surface area contributed by atoms with Crippen molar-refractivity contribution in [1.29, 1.82) is 5.26 Å². The quantitative estimate of drug-likeness (QED) is 0.896. The first kappa shape index (κ1) is 16.9. The Hall–Kier alpha value is -1.91. The second kappa shape index (κ2) is 7.32. The Morgan fingerprint density at radius 3 is 2.67 bits per heavy atom. The summed E-state index contributed by atoms with van der Waals surface area (Å²) in [6.45, 7) is 9.63. The van der Waals surface area contributed by atoms with Gasteiger partial charge in [-0.1, -0.05) is 0 Å². The number of hydrogen-bond acceptors (Lipinski definition) is 7. The smallest absolute Gasteiger partial charge is 0.208 e. The van der Waals surface area contributed by atoms with Gasteiger partial charge < -0.3 is 9.73 Å². The normalized spacial score (nSPS) is 16.2. The van der Waals surface area contributed by atoms with E-state index in [4.69, 9.17) is 4.42 Å². The topological polar surface area (TPSA) is 78.0 Å². The maximum Gasteiger partial charge on any atom is 0.208 e. The first-order valence-corrected chi connectivity index (χ1v) is 9.09. The van der Waals surface area contributed by atoms with Crippen LogP contribution in [0.1, 0.15) is 41.4 Å². The Labute approximate surface area is 146 Å². The first-order valence-electron chi connectivity index (χ1n) is 8.32. The molecule has 0 aromatic carbocycles. The lowest BCUT2D eigenvalue weighted by Crippen LogP contribution is -2.35. The van der Waals surface area contributed by atoms with Gasteiger partial charge >= 0.3 is 0 Å². The molecule has 3 heterocycles. The standard InChI is InChI=1S/C17H23N5OS/c1-11-13(3)23-16(20-11)10-22-6-4-14(5-7-22)9-19-17-15(8-18)12(2)21-24-17/h14,19H,4-7,9-10H2,1-3H3. The molecule has 2 aromatic heterocycles. The van der Waals surface area contributed by atoms with Gasteiger partial charge in [0.1, 0.15) is 22.4 Å². The van der Waals surface area contributed by atoms with E-state index in [0.29, 0.717) is 11.5 Å². The molecule has 3 rings (SSSR count). The van der Waals surface area contributed by atoms with Crippen LogP contribution in [0.25, 0.3) is 0 Å². The van der Waals surface area contributed by atoms with E-state index in [1.165, 1.54) is 11.5 Å². The lowest BCUT2D eigenvalue weighted by atomic mass is 9.97. The molecule has 0 unspecified atom stereocenters. The van der Waals surface area contributed by atoms with Crippen LogP contribution in [0.3, 0.4) is 0 Å². The van der Waals surface area contributed by atoms with Crippen molar-refractivity contribution in [2.24, 2.45) is 5.92 Å². The molecule has 1 fully saturated rings. The van der Waals surface area contributed by atoms with Crippen LogP contribution < -0.4 is 5.32 Å². The van der Waals surface area contributed by atoms with Crippen molar-refractivity contribution in [3.8, 4) is 6.07 Å². The zero-order valence-corrected chi connectivity index (χ0v) is 15.2. The van der Waals surface area contributed by atoms with Gasteiger partial charge in [-0.2, -0.15) is 9.64 Å². The molecule has 6 nitrogen and oxygen atoms in total. The van der Waals surface area contributed by atoms with Crippen molar-refractivity contribution < 1.29 is 4.42 Å². The molecular weight excluding hydrogens is 322 g/mol. The van der Waals surface area contributed by atoms with E-state index in [-0.39, 0.29) is 0 Å². The Bertz CT molecular complexity index is 717. The van der Waals surface area contributed by atoms with Crippen LogP contribution in [0.4, 0.5) is 5.00 Å². The third kappa shape index (κ3) is 3.77. The highest BCUT2D eigenvalue weighted by molar-refractivity contribution is 7.10. The van der Waals surface area contributed by atoms with Gasteiger partial charge in [0, 0.05) is 6.54 Å². The molecule has 2 aromatic rings. The molecule has 0 bridgehead atoms. The summed E-state index contributed by atoms with van der Waals surface area (Å²) < 4.78 is 9.93. The van der Waals surface area contributed by atoms with Gasteiger partial charge in [-0.3, -0.25) is 4.90 Å². The van der Waals surface area contributed by atoms with Crippen molar-refractivity contribution in [1.82, 2.24) is 14.3 Å². The monoisotopic (exact) mass is 345 g/mol. The molecule has 0 atom stereocenters. The number of likely N-dealkylation sites (tertiary alicyclic amines) is 1. The maximum atomic E-state index is 9.18. The van der Waals surface area contributed by atoms with Crippen LogP contribution in [0, 0.1) is 38.0 Å². The van der Waals surface area contributed by atoms with Crippen molar-refractivity contribution in [3.63, 3.8) is 0 Å². The van der Waals surface area contributed by atoms with Crippen molar-refractivity contribution in [2.75, 3.05) is 25.0 Å². The van der Waals surface area contributed by atoms with Crippen LogP contribution in [-0.4, -0.2) is 33.9 Å². The molecule has 0 spiro atoms. The number of aryl methyl sites for hydroxylation is 3. The Kier molecular flexibility index (Phi) is 5.17. The molecule has 24 heavy (non-hydrogen) atoms. The molecule has 0 radical (unpaired) electrons. The zero-order valence-electron chi connectivity index (χ0n) is 14.4. The van der Waals surface area contributed by atoms with Crippen LogP contribution >= 0.6 is 11.5 Å². The van der Waals surface area contributed by atoms with E-state index in [0.717, 1.165) is 67.1 Å². The zero-order chi connectivity index (χ0) is 17.1. The number of nitrogens with one attached hydrogen (secondary N) is 1. The van der Waals surface area contributed by atoms with Crippen molar-refractivity contribution in [3.05, 3.63) is 28.6 Å². The minimum Gasteiger partial charge on any atom is -0.444 e. The lowest BCUT2D eigenvalue weighted by Gasteiger charge is -2.31. The number of nitriles is 1. The second-order valence-corrected chi connectivity index (χ2v) is 7.21. The summed E-state index contributed by atoms with van der Waals surface area (Å²) in [6, 6.07) is 2.23. The van der Waals surface area contributed by atoms with Gasteiger partial charge in [0.2, 0.25) is 5.89 Å². The largest absolute Gasteiger partial charge is 0.444 e. The van der Waals surface area contributed by atoms with Crippen LogP contribution in [0.15, 0.2) is 4.42 Å². The van der Waals surface area contributed by atoms with Gasteiger partial charge in [0.05, 0.1) is 17.9 Å². The summed E-state index contributed by atoms with van der Waals surface area (Å²) in [5.74, 6) is 2.36. The number of anilines is 1. The van der Waals surface area contributed by atoms with Crippen molar-refractivity contribution in [2.45, 2.75) is 40.2 Å². The van der Waals surface area contributed by atoms with E-state index in [2.05, 4.69) is 25.6 Å². The summed E-state index contributed by atoms with van der Waals surface area (Å²) >= 11 is 1.38. The maximum absolute atomic E-state index is 9.18. The molecule has 1 aliphatic heterocycles. The fraction of sp³-hybridized carbons (Fsp3) is 0.588. The fourth-order valence-electron chi connectivity index (χ4n) is 3.01. The van der Waals surface area contributed by atoms with Gasteiger partial charge in [-0.15, -0.1) is 0 Å². The summed E-state index contributed by atoms with van der Waals surface area (Å²) in [5, 5.41) is 13.5. The highest BCUT2D eigenvalue weighted by Crippen LogP contribution is 2.25. The number of rotatable bonds is 5. The van der Waals surface area contributed by atoms with Crippen molar-refractivity contribution >= 4 is 16.5 Å². The number of aromatic nitrogens is 2. The SMILES string of the molecule is Cc1nc(CN2CCC(CNc3snc(C)c3C#N)CC2)oc1C. The first-order chi connectivity index (χ1) is 11.6. The van der Waals surface area contributed by atoms with Crippen LogP contribution in [0.2, 0.25) is 0 Å². The molecular formula is C17H23N5OS. The Balaban J connectivity index is 1.46. The number of nitrogens with zero attached hydrogens (tertiary/aromatic N) is 4. The molecule has 0 amide bonds. The molecule has 0 aliphatic carbocycles. The molecule has 1 aliphatic rings. The third-order valence-electron chi connectivity index (χ3n) is 4.66. The number of hydrogen-bond donors (Lipinski definition) is 1. The Morgan fingerprint density at radius 2 is 2.04 bits per heavy atom. The molecule has 1 saturated heterocycles. The highest BCUT2D eigenvalue weighted by Gasteiger charge is 2.21. The van der Waals surface area contributed by atoms with Crippen LogP contribution in [-0.2, 0) is 6.54 Å².